The fourth-order valence-corrected chi connectivity index (χ4v) is 3.82. The van der Waals surface area contributed by atoms with E-state index >= 15 is 0 Å². The van der Waals surface area contributed by atoms with Gasteiger partial charge in [-0.05, 0) is 66.6 Å². The Balaban J connectivity index is 1.52. The van der Waals surface area contributed by atoms with E-state index in [1.807, 2.05) is 25.1 Å². The summed E-state index contributed by atoms with van der Waals surface area (Å²) in [6, 6.07) is 20.1. The van der Waals surface area contributed by atoms with Gasteiger partial charge in [0.1, 0.15) is 5.75 Å². The zero-order chi connectivity index (χ0) is 21.6. The largest absolute Gasteiger partial charge is 0.484 e. The SMILES string of the molecule is Cc1cccc(NS(=O)(=O)c2ccc(OCC(=O)NCc3ccc(Cl)cc3)cc2)c1. The Kier molecular flexibility index (Phi) is 6.97. The quantitative estimate of drug-likeness (QED) is 0.546. The number of halogens is 1. The standard InChI is InChI=1S/C22H21ClN2O4S/c1-16-3-2-4-19(13-16)25-30(27,28)21-11-9-20(10-12-21)29-15-22(26)24-14-17-5-7-18(23)8-6-17/h2-13,25H,14-15H2,1H3,(H,24,26). The number of hydrogen-bond donors (Lipinski definition) is 2. The van der Waals surface area contributed by atoms with Gasteiger partial charge in [-0.25, -0.2) is 8.42 Å². The number of ether oxygens (including phenoxy) is 1. The molecule has 0 fully saturated rings. The third-order valence-corrected chi connectivity index (χ3v) is 5.83. The summed E-state index contributed by atoms with van der Waals surface area (Å²) >= 11 is 5.83. The van der Waals surface area contributed by atoms with Crippen molar-refractivity contribution in [1.82, 2.24) is 5.32 Å². The number of hydrogen-bond acceptors (Lipinski definition) is 4. The highest BCUT2D eigenvalue weighted by Crippen LogP contribution is 2.20. The first-order valence-corrected chi connectivity index (χ1v) is 11.0. The highest BCUT2D eigenvalue weighted by atomic mass is 35.5. The molecule has 0 atom stereocenters. The maximum Gasteiger partial charge on any atom is 0.261 e. The summed E-state index contributed by atoms with van der Waals surface area (Å²) in [5.41, 5.74) is 2.37. The molecule has 3 aromatic rings. The van der Waals surface area contributed by atoms with Crippen molar-refractivity contribution in [3.63, 3.8) is 0 Å². The van der Waals surface area contributed by atoms with E-state index in [1.54, 1.807) is 30.3 Å². The van der Waals surface area contributed by atoms with E-state index in [4.69, 9.17) is 16.3 Å². The van der Waals surface area contributed by atoms with E-state index in [0.29, 0.717) is 23.0 Å². The molecular weight excluding hydrogens is 424 g/mol. The Morgan fingerprint density at radius 3 is 2.37 bits per heavy atom. The number of benzene rings is 3. The maximum atomic E-state index is 12.5. The van der Waals surface area contributed by atoms with Crippen LogP contribution in [-0.4, -0.2) is 20.9 Å². The van der Waals surface area contributed by atoms with E-state index < -0.39 is 10.0 Å². The monoisotopic (exact) mass is 444 g/mol. The smallest absolute Gasteiger partial charge is 0.261 e. The van der Waals surface area contributed by atoms with E-state index in [9.17, 15) is 13.2 Å². The summed E-state index contributed by atoms with van der Waals surface area (Å²) in [5.74, 6) is 0.105. The summed E-state index contributed by atoms with van der Waals surface area (Å²) in [4.78, 5) is 12.0. The summed E-state index contributed by atoms with van der Waals surface area (Å²) in [7, 11) is -3.71. The number of carbonyl (C=O) groups is 1. The summed E-state index contributed by atoms with van der Waals surface area (Å²) in [5, 5.41) is 3.38. The second-order valence-electron chi connectivity index (χ2n) is 6.64. The Morgan fingerprint density at radius 2 is 1.70 bits per heavy atom. The van der Waals surface area contributed by atoms with Crippen molar-refractivity contribution in [1.29, 1.82) is 0 Å². The van der Waals surface area contributed by atoms with Crippen LogP contribution in [0.1, 0.15) is 11.1 Å². The van der Waals surface area contributed by atoms with Crippen LogP contribution >= 0.6 is 11.6 Å². The third-order valence-electron chi connectivity index (χ3n) is 4.18. The molecule has 3 aromatic carbocycles. The van der Waals surface area contributed by atoms with Crippen LogP contribution in [0, 0.1) is 6.92 Å². The van der Waals surface area contributed by atoms with Crippen LogP contribution in [0.25, 0.3) is 0 Å². The van der Waals surface area contributed by atoms with Gasteiger partial charge in [0.15, 0.2) is 6.61 Å². The van der Waals surface area contributed by atoms with Crippen LogP contribution in [0.5, 0.6) is 5.75 Å². The Labute approximate surface area is 180 Å². The van der Waals surface area contributed by atoms with Gasteiger partial charge in [0.2, 0.25) is 0 Å². The van der Waals surface area contributed by atoms with E-state index in [-0.39, 0.29) is 17.4 Å². The van der Waals surface area contributed by atoms with Crippen molar-refractivity contribution in [3.05, 3.63) is 88.9 Å². The lowest BCUT2D eigenvalue weighted by Crippen LogP contribution is -2.28. The van der Waals surface area contributed by atoms with Crippen molar-refractivity contribution in [2.75, 3.05) is 11.3 Å². The normalized spacial score (nSPS) is 11.0. The number of rotatable bonds is 8. The van der Waals surface area contributed by atoms with Gasteiger partial charge in [0, 0.05) is 17.3 Å². The van der Waals surface area contributed by atoms with Gasteiger partial charge in [-0.1, -0.05) is 35.9 Å². The molecule has 0 aliphatic heterocycles. The molecule has 0 saturated carbocycles. The van der Waals surface area contributed by atoms with Crippen molar-refractivity contribution >= 4 is 33.2 Å². The van der Waals surface area contributed by atoms with Gasteiger partial charge >= 0.3 is 0 Å². The molecule has 0 aliphatic rings. The minimum Gasteiger partial charge on any atom is -0.484 e. The molecule has 0 radical (unpaired) electrons. The Bertz CT molecular complexity index is 1110. The molecule has 0 saturated heterocycles. The first-order chi connectivity index (χ1) is 14.3. The molecule has 2 N–H and O–H groups in total. The van der Waals surface area contributed by atoms with E-state index in [1.165, 1.54) is 24.3 Å². The second-order valence-corrected chi connectivity index (χ2v) is 8.76. The lowest BCUT2D eigenvalue weighted by Gasteiger charge is -2.10. The molecule has 0 aromatic heterocycles. The van der Waals surface area contributed by atoms with Crippen LogP contribution in [-0.2, 0) is 21.4 Å². The van der Waals surface area contributed by atoms with Gasteiger partial charge in [0.05, 0.1) is 4.90 Å². The van der Waals surface area contributed by atoms with Crippen LogP contribution < -0.4 is 14.8 Å². The molecule has 30 heavy (non-hydrogen) atoms. The van der Waals surface area contributed by atoms with Gasteiger partial charge in [-0.3, -0.25) is 9.52 Å². The molecule has 0 bridgehead atoms. The minimum atomic E-state index is -3.71. The number of sulfonamides is 1. The minimum absolute atomic E-state index is 0.101. The van der Waals surface area contributed by atoms with Crippen LogP contribution in [0.3, 0.4) is 0 Å². The molecule has 0 spiro atoms. The number of aryl methyl sites for hydroxylation is 1. The van der Waals surface area contributed by atoms with Gasteiger partial charge in [0.25, 0.3) is 15.9 Å². The zero-order valence-corrected chi connectivity index (χ0v) is 17.8. The van der Waals surface area contributed by atoms with Crippen LogP contribution in [0.15, 0.2) is 77.7 Å². The van der Waals surface area contributed by atoms with Crippen LogP contribution in [0.2, 0.25) is 5.02 Å². The number of nitrogens with one attached hydrogen (secondary N) is 2. The van der Waals surface area contributed by atoms with Crippen LogP contribution in [0.4, 0.5) is 5.69 Å². The average molecular weight is 445 g/mol. The van der Waals surface area contributed by atoms with E-state index in [2.05, 4.69) is 10.0 Å². The molecule has 0 unspecified atom stereocenters. The molecule has 8 heteroatoms. The fraction of sp³-hybridized carbons (Fsp3) is 0.136. The molecule has 1 amide bonds. The zero-order valence-electron chi connectivity index (χ0n) is 16.3. The molecular formula is C22H21ClN2O4S. The fourth-order valence-electron chi connectivity index (χ4n) is 2.64. The molecule has 0 heterocycles. The van der Waals surface area contributed by atoms with Crippen molar-refractivity contribution in [2.45, 2.75) is 18.4 Å². The van der Waals surface area contributed by atoms with Crippen molar-refractivity contribution in [2.24, 2.45) is 0 Å². The second kappa shape index (κ2) is 9.65. The topological polar surface area (TPSA) is 84.5 Å². The highest BCUT2D eigenvalue weighted by molar-refractivity contribution is 7.92. The maximum absolute atomic E-state index is 12.5. The van der Waals surface area contributed by atoms with Gasteiger partial charge < -0.3 is 10.1 Å². The summed E-state index contributed by atoms with van der Waals surface area (Å²) in [6.07, 6.45) is 0. The Hall–Kier alpha value is -3.03. The molecule has 0 aliphatic carbocycles. The average Bonchev–Trinajstić information content (AvgIpc) is 2.72. The highest BCUT2D eigenvalue weighted by Gasteiger charge is 2.14. The van der Waals surface area contributed by atoms with E-state index in [0.717, 1.165) is 11.1 Å². The first-order valence-electron chi connectivity index (χ1n) is 9.15. The summed E-state index contributed by atoms with van der Waals surface area (Å²) < 4.78 is 33.0. The molecule has 6 nitrogen and oxygen atoms in total. The van der Waals surface area contributed by atoms with Crippen molar-refractivity contribution < 1.29 is 17.9 Å². The van der Waals surface area contributed by atoms with Gasteiger partial charge in [-0.15, -0.1) is 0 Å². The van der Waals surface area contributed by atoms with Crippen molar-refractivity contribution in [3.8, 4) is 5.75 Å². The number of amides is 1. The number of carbonyl (C=O) groups excluding carboxylic acids is 1. The number of anilines is 1. The Morgan fingerprint density at radius 1 is 1.00 bits per heavy atom. The lowest BCUT2D eigenvalue weighted by molar-refractivity contribution is -0.123. The molecule has 3 rings (SSSR count). The predicted octanol–water partition coefficient (Wildman–Crippen LogP) is 4.14. The lowest BCUT2D eigenvalue weighted by atomic mass is 10.2. The molecule has 156 valence electrons. The van der Waals surface area contributed by atoms with Gasteiger partial charge in [-0.2, -0.15) is 0 Å². The predicted molar refractivity (Wildman–Crippen MR) is 117 cm³/mol. The first kappa shape index (κ1) is 21.7. The summed E-state index contributed by atoms with van der Waals surface area (Å²) in [6.45, 7) is 2.07. The third kappa shape index (κ3) is 6.23.